The van der Waals surface area contributed by atoms with Gasteiger partial charge < -0.3 is 19.7 Å². The summed E-state index contributed by atoms with van der Waals surface area (Å²) in [5, 5.41) is 18.2. The quantitative estimate of drug-likeness (QED) is 0.237. The number of carboxylic acids is 1. The van der Waals surface area contributed by atoms with Crippen molar-refractivity contribution in [1.29, 1.82) is 0 Å². The number of carbonyl (C=O) groups is 2. The number of hydrogen-bond acceptors (Lipinski definition) is 6. The van der Waals surface area contributed by atoms with Crippen LogP contribution < -0.4 is 10.9 Å². The highest BCUT2D eigenvalue weighted by atomic mass is 16.5. The maximum atomic E-state index is 13.5. The molecule has 1 fully saturated rings. The number of nitrogens with zero attached hydrogens (tertiary/aromatic N) is 4. The first-order chi connectivity index (χ1) is 21.4. The zero-order valence-electron chi connectivity index (χ0n) is 24.1. The Morgan fingerprint density at radius 1 is 0.977 bits per heavy atom. The molecule has 2 N–H and O–H groups in total. The molecule has 2 aromatic carbocycles. The van der Waals surface area contributed by atoms with Crippen molar-refractivity contribution in [2.24, 2.45) is 0 Å². The average Bonchev–Trinajstić information content (AvgIpc) is 3.43. The van der Waals surface area contributed by atoms with Crippen molar-refractivity contribution in [3.8, 4) is 0 Å². The number of ether oxygens (including phenoxy) is 1. The van der Waals surface area contributed by atoms with Gasteiger partial charge in [0.25, 0.3) is 11.5 Å². The van der Waals surface area contributed by atoms with Crippen LogP contribution in [-0.2, 0) is 22.5 Å². The normalized spacial score (nSPS) is 15.6. The number of benzene rings is 2. The molecule has 0 aliphatic carbocycles. The molecule has 6 rings (SSSR count). The lowest BCUT2D eigenvalue weighted by molar-refractivity contribution is -0.137. The van der Waals surface area contributed by atoms with Crippen molar-refractivity contribution < 1.29 is 19.4 Å². The van der Waals surface area contributed by atoms with Gasteiger partial charge in [0.1, 0.15) is 0 Å². The van der Waals surface area contributed by atoms with Gasteiger partial charge >= 0.3 is 5.97 Å². The molecule has 2 unspecified atom stereocenters. The first-order valence-electron chi connectivity index (χ1n) is 14.7. The molecule has 44 heavy (non-hydrogen) atoms. The third-order valence-corrected chi connectivity index (χ3v) is 7.83. The van der Waals surface area contributed by atoms with Crippen molar-refractivity contribution in [2.75, 3.05) is 6.61 Å². The van der Waals surface area contributed by atoms with Gasteiger partial charge in [0.05, 0.1) is 35.8 Å². The van der Waals surface area contributed by atoms with E-state index in [1.165, 1.54) is 12.3 Å². The summed E-state index contributed by atoms with van der Waals surface area (Å²) in [5.74, 6) is -1.47. The van der Waals surface area contributed by atoms with Crippen molar-refractivity contribution in [3.05, 3.63) is 130 Å². The number of aromatic nitrogens is 4. The standard InChI is InChI=1S/C34H33N5O5/c40-30-9-3-5-15-38(30)22-24-13-11-23(12-14-24)17-25-18-26(21-35-20-25)34(43)36-28(19-32(41)42)33-27-7-1-2-8-29(27)39(37-33)31-10-4-6-16-44-31/h1-3,5,7-9,11-15,18,20-21,28,31H,4,6,10,16-17,19,22H2,(H,36,43)(H,41,42). The van der Waals surface area contributed by atoms with Gasteiger partial charge in [-0.25, -0.2) is 4.68 Å². The molecule has 4 heterocycles. The largest absolute Gasteiger partial charge is 0.481 e. The van der Waals surface area contributed by atoms with Crippen LogP contribution in [0, 0.1) is 0 Å². The molecule has 3 aromatic heterocycles. The monoisotopic (exact) mass is 591 g/mol. The predicted octanol–water partition coefficient (Wildman–Crippen LogP) is 4.88. The molecule has 1 aliphatic heterocycles. The minimum atomic E-state index is -1.05. The molecule has 10 heteroatoms. The minimum Gasteiger partial charge on any atom is -0.481 e. The van der Waals surface area contributed by atoms with Gasteiger partial charge in [-0.05, 0) is 60.6 Å². The summed E-state index contributed by atoms with van der Waals surface area (Å²) in [7, 11) is 0. The highest BCUT2D eigenvalue weighted by molar-refractivity contribution is 5.95. The van der Waals surface area contributed by atoms with Crippen LogP contribution >= 0.6 is 0 Å². The van der Waals surface area contributed by atoms with E-state index in [0.717, 1.165) is 46.9 Å². The fraction of sp³-hybridized carbons (Fsp3) is 0.265. The smallest absolute Gasteiger partial charge is 0.305 e. The van der Waals surface area contributed by atoms with Gasteiger partial charge in [0.2, 0.25) is 0 Å². The van der Waals surface area contributed by atoms with Crippen LogP contribution in [0.15, 0.2) is 96.2 Å². The summed E-state index contributed by atoms with van der Waals surface area (Å²) < 4.78 is 9.44. The van der Waals surface area contributed by atoms with Crippen molar-refractivity contribution in [1.82, 2.24) is 24.6 Å². The number of nitrogens with one attached hydrogen (secondary N) is 1. The summed E-state index contributed by atoms with van der Waals surface area (Å²) in [5.41, 5.74) is 4.48. The van der Waals surface area contributed by atoms with E-state index in [0.29, 0.717) is 30.8 Å². The number of pyridine rings is 2. The number of hydrogen-bond donors (Lipinski definition) is 2. The molecule has 1 aliphatic rings. The third kappa shape index (κ3) is 6.60. The Labute approximate surface area is 253 Å². The lowest BCUT2D eigenvalue weighted by Crippen LogP contribution is -2.31. The van der Waals surface area contributed by atoms with Crippen LogP contribution in [0.1, 0.15) is 70.7 Å². The van der Waals surface area contributed by atoms with Gasteiger partial charge in [0, 0.05) is 36.7 Å². The van der Waals surface area contributed by atoms with E-state index in [2.05, 4.69) is 10.3 Å². The number of carboxylic acid groups (broad SMARTS) is 1. The Balaban J connectivity index is 1.19. The molecule has 1 saturated heterocycles. The maximum absolute atomic E-state index is 13.5. The molecule has 5 aromatic rings. The van der Waals surface area contributed by atoms with E-state index < -0.39 is 17.9 Å². The van der Waals surface area contributed by atoms with Gasteiger partial charge in [-0.1, -0.05) is 48.5 Å². The summed E-state index contributed by atoms with van der Waals surface area (Å²) >= 11 is 0. The summed E-state index contributed by atoms with van der Waals surface area (Å²) in [6, 6.07) is 21.6. The van der Waals surface area contributed by atoms with Gasteiger partial charge in [-0.2, -0.15) is 5.10 Å². The Bertz CT molecular complexity index is 1840. The van der Waals surface area contributed by atoms with Gasteiger partial charge in [-0.3, -0.25) is 19.4 Å². The maximum Gasteiger partial charge on any atom is 0.305 e. The van der Waals surface area contributed by atoms with E-state index in [-0.39, 0.29) is 18.2 Å². The number of amides is 1. The fourth-order valence-corrected chi connectivity index (χ4v) is 5.63. The Morgan fingerprint density at radius 2 is 1.77 bits per heavy atom. The molecular formula is C34H33N5O5. The summed E-state index contributed by atoms with van der Waals surface area (Å²) in [4.78, 5) is 41.7. The minimum absolute atomic E-state index is 0.0527. The third-order valence-electron chi connectivity index (χ3n) is 7.83. The molecule has 0 spiro atoms. The molecule has 1 amide bonds. The van der Waals surface area contributed by atoms with Crippen LogP contribution in [0.2, 0.25) is 0 Å². The van der Waals surface area contributed by atoms with E-state index in [1.807, 2.05) is 59.3 Å². The van der Waals surface area contributed by atoms with Crippen molar-refractivity contribution >= 4 is 22.8 Å². The molecule has 0 bridgehead atoms. The van der Waals surface area contributed by atoms with E-state index in [4.69, 9.17) is 9.84 Å². The molecule has 10 nitrogen and oxygen atoms in total. The van der Waals surface area contributed by atoms with Gasteiger partial charge in [0.15, 0.2) is 6.23 Å². The van der Waals surface area contributed by atoms with Crippen LogP contribution in [-0.4, -0.2) is 42.9 Å². The summed E-state index contributed by atoms with van der Waals surface area (Å²) in [6.07, 6.45) is 7.77. The van der Waals surface area contributed by atoms with Crippen LogP contribution in [0.5, 0.6) is 0 Å². The number of rotatable bonds is 10. The first-order valence-corrected chi connectivity index (χ1v) is 14.7. The van der Waals surface area contributed by atoms with E-state index in [9.17, 15) is 19.5 Å². The van der Waals surface area contributed by atoms with E-state index in [1.54, 1.807) is 29.1 Å². The Morgan fingerprint density at radius 3 is 2.55 bits per heavy atom. The average molecular weight is 592 g/mol. The summed E-state index contributed by atoms with van der Waals surface area (Å²) in [6.45, 7) is 1.13. The second kappa shape index (κ2) is 13.0. The zero-order chi connectivity index (χ0) is 30.5. The molecule has 0 saturated carbocycles. The number of para-hydroxylation sites is 1. The van der Waals surface area contributed by atoms with Crippen LogP contribution in [0.3, 0.4) is 0 Å². The van der Waals surface area contributed by atoms with E-state index >= 15 is 0 Å². The zero-order valence-corrected chi connectivity index (χ0v) is 24.1. The molecule has 224 valence electrons. The second-order valence-electron chi connectivity index (χ2n) is 11.0. The number of fused-ring (bicyclic) bond motifs is 1. The fourth-order valence-electron chi connectivity index (χ4n) is 5.63. The first kappa shape index (κ1) is 29.0. The van der Waals surface area contributed by atoms with Gasteiger partial charge in [-0.15, -0.1) is 0 Å². The highest BCUT2D eigenvalue weighted by Crippen LogP contribution is 2.31. The van der Waals surface area contributed by atoms with Crippen molar-refractivity contribution in [2.45, 2.75) is 50.9 Å². The SMILES string of the molecule is O=C(O)CC(NC(=O)c1cncc(Cc2ccc(Cn3ccccc3=O)cc2)c1)c1nn(C2CCCCO2)c2ccccc12. The van der Waals surface area contributed by atoms with Crippen molar-refractivity contribution in [3.63, 3.8) is 0 Å². The molecule has 2 atom stereocenters. The predicted molar refractivity (Wildman–Crippen MR) is 164 cm³/mol. The lowest BCUT2D eigenvalue weighted by atomic mass is 10.0. The number of carbonyl (C=O) groups excluding carboxylic acids is 1. The lowest BCUT2D eigenvalue weighted by Gasteiger charge is -2.23. The van der Waals surface area contributed by atoms with Crippen LogP contribution in [0.25, 0.3) is 10.9 Å². The second-order valence-corrected chi connectivity index (χ2v) is 11.0. The number of aliphatic carboxylic acids is 1. The Kier molecular flexibility index (Phi) is 8.60. The van der Waals surface area contributed by atoms with Crippen LogP contribution in [0.4, 0.5) is 0 Å². The Hall–Kier alpha value is -5.09. The molecule has 0 radical (unpaired) electrons. The molecular weight excluding hydrogens is 558 g/mol. The topological polar surface area (TPSA) is 128 Å². The highest BCUT2D eigenvalue weighted by Gasteiger charge is 2.27.